The lowest BCUT2D eigenvalue weighted by Crippen LogP contribution is -2.21. The Hall–Kier alpha value is -1.13. The quantitative estimate of drug-likeness (QED) is 0.698. The number of unbranched alkanes of at least 4 members (excludes halogenated alkanes) is 2. The van der Waals surface area contributed by atoms with E-state index in [1.54, 1.807) is 26.4 Å². The Kier molecular flexibility index (Phi) is 7.45. The molecule has 1 aromatic carbocycles. The fourth-order valence-electron chi connectivity index (χ4n) is 2.08. The van der Waals surface area contributed by atoms with E-state index >= 15 is 0 Å². The van der Waals surface area contributed by atoms with Gasteiger partial charge in [-0.05, 0) is 44.9 Å². The van der Waals surface area contributed by atoms with Gasteiger partial charge in [0.1, 0.15) is 11.6 Å². The number of rotatable bonds is 9. The summed E-state index contributed by atoms with van der Waals surface area (Å²) in [6.07, 6.45) is 3.24. The van der Waals surface area contributed by atoms with Crippen LogP contribution in [0.3, 0.4) is 0 Å². The van der Waals surface area contributed by atoms with Gasteiger partial charge in [-0.15, -0.1) is 0 Å². The molecule has 0 spiro atoms. The third-order valence-corrected chi connectivity index (χ3v) is 3.14. The van der Waals surface area contributed by atoms with E-state index in [9.17, 15) is 4.39 Å². The molecule has 0 saturated heterocycles. The van der Waals surface area contributed by atoms with Gasteiger partial charge in [-0.3, -0.25) is 0 Å². The van der Waals surface area contributed by atoms with Gasteiger partial charge in [0.2, 0.25) is 0 Å². The van der Waals surface area contributed by atoms with E-state index in [1.165, 1.54) is 6.07 Å². The van der Waals surface area contributed by atoms with Crippen LogP contribution in [0.15, 0.2) is 18.2 Å². The summed E-state index contributed by atoms with van der Waals surface area (Å²) >= 11 is 0. The van der Waals surface area contributed by atoms with Crippen LogP contribution in [0.5, 0.6) is 5.75 Å². The molecule has 1 atom stereocenters. The van der Waals surface area contributed by atoms with Crippen LogP contribution in [0.1, 0.15) is 37.8 Å². The van der Waals surface area contributed by atoms with Crippen LogP contribution in [0.4, 0.5) is 4.39 Å². The minimum Gasteiger partial charge on any atom is -0.496 e. The van der Waals surface area contributed by atoms with Crippen LogP contribution < -0.4 is 10.1 Å². The second-order valence-corrected chi connectivity index (χ2v) is 4.59. The van der Waals surface area contributed by atoms with Crippen LogP contribution in [-0.4, -0.2) is 27.4 Å². The second kappa shape index (κ2) is 8.88. The van der Waals surface area contributed by atoms with Gasteiger partial charge in [-0.1, -0.05) is 6.07 Å². The summed E-state index contributed by atoms with van der Waals surface area (Å²) in [4.78, 5) is 0. The molecule has 0 aliphatic carbocycles. The van der Waals surface area contributed by atoms with Crippen LogP contribution >= 0.6 is 0 Å². The molecule has 3 nitrogen and oxygen atoms in total. The normalized spacial score (nSPS) is 12.4. The predicted molar refractivity (Wildman–Crippen MR) is 75.1 cm³/mol. The number of methoxy groups -OCH3 is 2. The third-order valence-electron chi connectivity index (χ3n) is 3.14. The Morgan fingerprint density at radius 2 is 2.00 bits per heavy atom. The van der Waals surface area contributed by atoms with Gasteiger partial charge in [0.25, 0.3) is 0 Å². The molecule has 0 aliphatic rings. The Balaban J connectivity index is 2.43. The van der Waals surface area contributed by atoms with Crippen LogP contribution in [0.2, 0.25) is 0 Å². The molecule has 0 amide bonds. The highest BCUT2D eigenvalue weighted by atomic mass is 19.1. The zero-order chi connectivity index (χ0) is 14.1. The maximum atomic E-state index is 13.8. The van der Waals surface area contributed by atoms with Crippen molar-refractivity contribution in [1.82, 2.24) is 5.32 Å². The SMILES string of the molecule is COCCCCCNC(C)c1c(F)cccc1OC. The number of benzene rings is 1. The topological polar surface area (TPSA) is 30.5 Å². The average molecular weight is 269 g/mol. The van der Waals surface area contributed by atoms with Crippen molar-refractivity contribution in [3.05, 3.63) is 29.6 Å². The fourth-order valence-corrected chi connectivity index (χ4v) is 2.08. The van der Waals surface area contributed by atoms with Gasteiger partial charge in [0.15, 0.2) is 0 Å². The summed E-state index contributed by atoms with van der Waals surface area (Å²) in [5, 5.41) is 3.33. The number of hydrogen-bond donors (Lipinski definition) is 1. The molecule has 0 bridgehead atoms. The first-order valence-corrected chi connectivity index (χ1v) is 6.75. The van der Waals surface area contributed by atoms with Crippen molar-refractivity contribution >= 4 is 0 Å². The zero-order valence-corrected chi connectivity index (χ0v) is 12.0. The zero-order valence-electron chi connectivity index (χ0n) is 12.0. The minimum absolute atomic E-state index is 0.0569. The molecular weight excluding hydrogens is 245 g/mol. The van der Waals surface area contributed by atoms with Crippen molar-refractivity contribution in [3.63, 3.8) is 0 Å². The lowest BCUT2D eigenvalue weighted by Gasteiger charge is -2.18. The molecule has 0 aromatic heterocycles. The largest absolute Gasteiger partial charge is 0.496 e. The van der Waals surface area contributed by atoms with Crippen molar-refractivity contribution in [1.29, 1.82) is 0 Å². The minimum atomic E-state index is -0.223. The highest BCUT2D eigenvalue weighted by molar-refractivity contribution is 5.36. The van der Waals surface area contributed by atoms with Gasteiger partial charge in [-0.25, -0.2) is 4.39 Å². The Labute approximate surface area is 115 Å². The highest BCUT2D eigenvalue weighted by Crippen LogP contribution is 2.27. The summed E-state index contributed by atoms with van der Waals surface area (Å²) in [7, 11) is 3.28. The molecule has 1 aromatic rings. The molecule has 0 radical (unpaired) electrons. The maximum Gasteiger partial charge on any atom is 0.131 e. The van der Waals surface area contributed by atoms with Crippen LogP contribution in [0.25, 0.3) is 0 Å². The van der Waals surface area contributed by atoms with Crippen molar-refractivity contribution in [3.8, 4) is 5.75 Å². The molecule has 1 rings (SSSR count). The van der Waals surface area contributed by atoms with Crippen LogP contribution in [0, 0.1) is 5.82 Å². The van der Waals surface area contributed by atoms with E-state index in [2.05, 4.69) is 5.32 Å². The molecular formula is C15H24FNO2. The van der Waals surface area contributed by atoms with Gasteiger partial charge in [0, 0.05) is 25.3 Å². The number of hydrogen-bond acceptors (Lipinski definition) is 3. The molecule has 108 valence electrons. The Morgan fingerprint density at radius 3 is 2.68 bits per heavy atom. The first-order chi connectivity index (χ1) is 9.20. The van der Waals surface area contributed by atoms with E-state index in [0.29, 0.717) is 11.3 Å². The number of halogens is 1. The summed E-state index contributed by atoms with van der Waals surface area (Å²) < 4.78 is 24.0. The van der Waals surface area contributed by atoms with E-state index in [1.807, 2.05) is 6.92 Å². The maximum absolute atomic E-state index is 13.8. The Morgan fingerprint density at radius 1 is 1.21 bits per heavy atom. The van der Waals surface area contributed by atoms with E-state index in [4.69, 9.17) is 9.47 Å². The second-order valence-electron chi connectivity index (χ2n) is 4.59. The molecule has 0 saturated carbocycles. The van der Waals surface area contributed by atoms with Gasteiger partial charge in [0.05, 0.1) is 7.11 Å². The number of ether oxygens (including phenoxy) is 2. The molecule has 0 fully saturated rings. The lowest BCUT2D eigenvalue weighted by atomic mass is 10.1. The molecule has 1 N–H and O–H groups in total. The summed E-state index contributed by atoms with van der Waals surface area (Å²) in [6.45, 7) is 3.62. The summed E-state index contributed by atoms with van der Waals surface area (Å²) in [5.74, 6) is 0.373. The molecule has 1 unspecified atom stereocenters. The summed E-state index contributed by atoms with van der Waals surface area (Å²) in [5.41, 5.74) is 0.599. The van der Waals surface area contributed by atoms with Crippen molar-refractivity contribution < 1.29 is 13.9 Å². The van der Waals surface area contributed by atoms with Crippen LogP contribution in [-0.2, 0) is 4.74 Å². The van der Waals surface area contributed by atoms with Crippen molar-refractivity contribution in [2.24, 2.45) is 0 Å². The van der Waals surface area contributed by atoms with Gasteiger partial charge in [-0.2, -0.15) is 0 Å². The highest BCUT2D eigenvalue weighted by Gasteiger charge is 2.15. The van der Waals surface area contributed by atoms with E-state index in [-0.39, 0.29) is 11.9 Å². The lowest BCUT2D eigenvalue weighted by molar-refractivity contribution is 0.192. The van der Waals surface area contributed by atoms with Crippen molar-refractivity contribution in [2.45, 2.75) is 32.2 Å². The summed E-state index contributed by atoms with van der Waals surface area (Å²) in [6, 6.07) is 4.86. The predicted octanol–water partition coefficient (Wildman–Crippen LogP) is 3.30. The fraction of sp³-hybridized carbons (Fsp3) is 0.600. The van der Waals surface area contributed by atoms with Crippen molar-refractivity contribution in [2.75, 3.05) is 27.4 Å². The van der Waals surface area contributed by atoms with E-state index < -0.39 is 0 Å². The standard InChI is InChI=1S/C15H24FNO2/c1-12(17-10-5-4-6-11-18-2)15-13(16)8-7-9-14(15)19-3/h7-9,12,17H,4-6,10-11H2,1-3H3. The number of nitrogens with one attached hydrogen (secondary N) is 1. The van der Waals surface area contributed by atoms with E-state index in [0.717, 1.165) is 32.4 Å². The van der Waals surface area contributed by atoms with Gasteiger partial charge < -0.3 is 14.8 Å². The average Bonchev–Trinajstić information content (AvgIpc) is 2.42. The van der Waals surface area contributed by atoms with Gasteiger partial charge >= 0.3 is 0 Å². The first-order valence-electron chi connectivity index (χ1n) is 6.75. The smallest absolute Gasteiger partial charge is 0.131 e. The monoisotopic (exact) mass is 269 g/mol. The third kappa shape index (κ3) is 5.17. The Bertz CT molecular complexity index is 371. The molecule has 0 heterocycles. The molecule has 0 aliphatic heterocycles. The first kappa shape index (κ1) is 15.9. The molecule has 4 heteroatoms. The molecule has 19 heavy (non-hydrogen) atoms.